The van der Waals surface area contributed by atoms with Crippen LogP contribution in [-0.4, -0.2) is 11.9 Å². The zero-order valence-corrected chi connectivity index (χ0v) is 12.4. The van der Waals surface area contributed by atoms with Gasteiger partial charge in [-0.25, -0.2) is 0 Å². The van der Waals surface area contributed by atoms with E-state index >= 15 is 0 Å². The van der Waals surface area contributed by atoms with Crippen molar-refractivity contribution in [1.82, 2.24) is 0 Å². The van der Waals surface area contributed by atoms with E-state index in [1.165, 1.54) is 0 Å². The molecule has 0 aliphatic rings. The third kappa shape index (κ3) is 4.15. The van der Waals surface area contributed by atoms with Gasteiger partial charge in [0.25, 0.3) is 5.91 Å². The van der Waals surface area contributed by atoms with Crippen molar-refractivity contribution in [2.75, 3.05) is 5.32 Å². The second-order valence-corrected chi connectivity index (χ2v) is 3.40. The Hall–Kier alpha value is -0.840. The predicted molar refractivity (Wildman–Crippen MR) is 58.8 cm³/mol. The molecule has 0 spiro atoms. The van der Waals surface area contributed by atoms with E-state index in [4.69, 9.17) is 0 Å². The van der Waals surface area contributed by atoms with Gasteiger partial charge >= 0.3 is 29.6 Å². The van der Waals surface area contributed by atoms with E-state index in [0.717, 1.165) is 24.0 Å². The van der Waals surface area contributed by atoms with Crippen molar-refractivity contribution in [2.45, 2.75) is 26.7 Å². The molecular weight excluding hydrogens is 229 g/mol. The number of carbonyl (C=O) groups is 2. The minimum Gasteiger partial charge on any atom is -0.540 e. The zero-order chi connectivity index (χ0) is 12.1. The fourth-order valence-corrected chi connectivity index (χ4v) is 1.57. The van der Waals surface area contributed by atoms with Crippen molar-refractivity contribution in [1.29, 1.82) is 0 Å². The summed E-state index contributed by atoms with van der Waals surface area (Å²) in [5, 5.41) is 12.8. The molecule has 0 saturated carbocycles. The van der Waals surface area contributed by atoms with Crippen LogP contribution in [0, 0.1) is 0 Å². The third-order valence-corrected chi connectivity index (χ3v) is 2.42. The van der Waals surface area contributed by atoms with Gasteiger partial charge in [-0.2, -0.15) is 0 Å². The van der Waals surface area contributed by atoms with Gasteiger partial charge in [0, 0.05) is 5.69 Å². The van der Waals surface area contributed by atoms with Crippen molar-refractivity contribution in [3.8, 4) is 0 Å². The molecule has 1 N–H and O–H groups in total. The Morgan fingerprint density at radius 2 is 1.65 bits per heavy atom. The SMILES string of the molecule is CCc1cccc(CC)c1NC(=O)C(=O)[O-].[Na+]. The van der Waals surface area contributed by atoms with Crippen molar-refractivity contribution in [3.63, 3.8) is 0 Å². The molecule has 86 valence electrons. The third-order valence-electron chi connectivity index (χ3n) is 2.42. The molecule has 0 fully saturated rings. The Morgan fingerprint density at radius 1 is 1.18 bits per heavy atom. The van der Waals surface area contributed by atoms with Crippen LogP contribution in [0.5, 0.6) is 0 Å². The van der Waals surface area contributed by atoms with Crippen LogP contribution >= 0.6 is 0 Å². The number of carboxylic acid groups (broad SMARTS) is 1. The summed E-state index contributed by atoms with van der Waals surface area (Å²) in [6.45, 7) is 3.90. The molecular formula is C12H14NNaO3. The normalized spacial score (nSPS) is 9.29. The van der Waals surface area contributed by atoms with Crippen LogP contribution in [0.1, 0.15) is 25.0 Å². The van der Waals surface area contributed by atoms with Crippen LogP contribution in [0.3, 0.4) is 0 Å². The number of rotatable bonds is 3. The molecule has 1 rings (SSSR count). The van der Waals surface area contributed by atoms with Crippen molar-refractivity contribution >= 4 is 17.6 Å². The molecule has 0 heterocycles. The average molecular weight is 243 g/mol. The summed E-state index contributed by atoms with van der Waals surface area (Å²) in [4.78, 5) is 21.5. The standard InChI is InChI=1S/C12H15NO3.Na/c1-3-8-6-5-7-9(4-2)10(8)13-11(14)12(15)16;/h5-7H,3-4H2,1-2H3,(H,13,14)(H,15,16);/q;+1/p-1. The van der Waals surface area contributed by atoms with Gasteiger partial charge in [0.2, 0.25) is 0 Å². The Kier molecular flexibility index (Phi) is 7.11. The first-order chi connectivity index (χ1) is 7.60. The van der Waals surface area contributed by atoms with Gasteiger partial charge in [0.05, 0.1) is 0 Å². The maximum atomic E-state index is 11.1. The minimum atomic E-state index is -1.71. The molecule has 1 aromatic carbocycles. The average Bonchev–Trinajstić information content (AvgIpc) is 2.29. The van der Waals surface area contributed by atoms with Gasteiger partial charge in [-0.15, -0.1) is 0 Å². The summed E-state index contributed by atoms with van der Waals surface area (Å²) in [5.41, 5.74) is 2.45. The molecule has 17 heavy (non-hydrogen) atoms. The quantitative estimate of drug-likeness (QED) is 0.471. The van der Waals surface area contributed by atoms with Gasteiger partial charge in [0.1, 0.15) is 5.97 Å². The van der Waals surface area contributed by atoms with Gasteiger partial charge in [-0.3, -0.25) is 4.79 Å². The van der Waals surface area contributed by atoms with Gasteiger partial charge in [0.15, 0.2) is 0 Å². The minimum absolute atomic E-state index is 0. The number of nitrogens with one attached hydrogen (secondary N) is 1. The Morgan fingerprint density at radius 3 is 2.00 bits per heavy atom. The summed E-state index contributed by atoms with van der Waals surface area (Å²) in [7, 11) is 0. The molecule has 0 bridgehead atoms. The van der Waals surface area contributed by atoms with E-state index in [2.05, 4.69) is 5.32 Å². The van der Waals surface area contributed by atoms with Gasteiger partial charge in [-0.1, -0.05) is 32.0 Å². The molecule has 1 amide bonds. The molecule has 5 heteroatoms. The molecule has 4 nitrogen and oxygen atoms in total. The monoisotopic (exact) mass is 243 g/mol. The Labute approximate surface area is 123 Å². The summed E-state index contributed by atoms with van der Waals surface area (Å²) in [6.07, 6.45) is 1.47. The van der Waals surface area contributed by atoms with Crippen LogP contribution < -0.4 is 40.0 Å². The maximum absolute atomic E-state index is 11.1. The van der Waals surface area contributed by atoms with E-state index in [-0.39, 0.29) is 29.6 Å². The second kappa shape index (κ2) is 7.48. The molecule has 0 aliphatic carbocycles. The molecule has 0 atom stereocenters. The van der Waals surface area contributed by atoms with E-state index in [1.54, 1.807) is 0 Å². The molecule has 0 saturated heterocycles. The smallest absolute Gasteiger partial charge is 0.540 e. The molecule has 0 radical (unpaired) electrons. The summed E-state index contributed by atoms with van der Waals surface area (Å²) in [5.74, 6) is -2.82. The largest absolute Gasteiger partial charge is 1.00 e. The number of hydrogen-bond acceptors (Lipinski definition) is 3. The summed E-state index contributed by atoms with van der Waals surface area (Å²) >= 11 is 0. The topological polar surface area (TPSA) is 69.2 Å². The Bertz CT molecular complexity index is 396. The van der Waals surface area contributed by atoms with Crippen LogP contribution in [0.4, 0.5) is 5.69 Å². The summed E-state index contributed by atoms with van der Waals surface area (Å²) < 4.78 is 0. The van der Waals surface area contributed by atoms with Gasteiger partial charge < -0.3 is 15.2 Å². The van der Waals surface area contributed by atoms with Crippen LogP contribution in [0.15, 0.2) is 18.2 Å². The molecule has 0 aliphatic heterocycles. The maximum Gasteiger partial charge on any atom is 1.00 e. The van der Waals surface area contributed by atoms with Crippen molar-refractivity contribution in [2.24, 2.45) is 0 Å². The number of para-hydroxylation sites is 1. The first-order valence-electron chi connectivity index (χ1n) is 5.23. The first-order valence-corrected chi connectivity index (χ1v) is 5.23. The van der Waals surface area contributed by atoms with Crippen molar-refractivity contribution < 1.29 is 44.3 Å². The van der Waals surface area contributed by atoms with Crippen LogP contribution in [0.2, 0.25) is 0 Å². The number of aryl methyl sites for hydroxylation is 2. The first kappa shape index (κ1) is 16.2. The molecule has 1 aromatic rings. The number of carboxylic acids is 1. The van der Waals surface area contributed by atoms with E-state index in [9.17, 15) is 14.7 Å². The number of amides is 1. The number of anilines is 1. The van der Waals surface area contributed by atoms with Gasteiger partial charge in [-0.05, 0) is 24.0 Å². The van der Waals surface area contributed by atoms with Crippen LogP contribution in [0.25, 0.3) is 0 Å². The van der Waals surface area contributed by atoms with E-state index in [1.807, 2.05) is 32.0 Å². The predicted octanol–water partition coefficient (Wildman–Crippen LogP) is -2.50. The number of benzene rings is 1. The summed E-state index contributed by atoms with van der Waals surface area (Å²) in [6, 6.07) is 5.63. The Balaban J connectivity index is 0.00000256. The van der Waals surface area contributed by atoms with E-state index in [0.29, 0.717) is 5.69 Å². The fourth-order valence-electron chi connectivity index (χ4n) is 1.57. The van der Waals surface area contributed by atoms with E-state index < -0.39 is 11.9 Å². The molecule has 0 aromatic heterocycles. The number of hydrogen-bond donors (Lipinski definition) is 1. The second-order valence-electron chi connectivity index (χ2n) is 3.40. The fraction of sp³-hybridized carbons (Fsp3) is 0.333. The number of carbonyl (C=O) groups excluding carboxylic acids is 2. The van der Waals surface area contributed by atoms with Crippen LogP contribution in [-0.2, 0) is 22.4 Å². The van der Waals surface area contributed by atoms with Crippen molar-refractivity contribution in [3.05, 3.63) is 29.3 Å². The zero-order valence-electron chi connectivity index (χ0n) is 10.4. The number of aliphatic carboxylic acids is 1. The molecule has 0 unspecified atom stereocenters.